The van der Waals surface area contributed by atoms with Crippen LogP contribution in [0, 0.1) is 0 Å². The van der Waals surface area contributed by atoms with Crippen molar-refractivity contribution in [3.63, 3.8) is 0 Å². The number of carbonyl (C=O) groups is 2. The van der Waals surface area contributed by atoms with Crippen molar-refractivity contribution >= 4 is 23.4 Å². The van der Waals surface area contributed by atoms with Crippen molar-refractivity contribution in [2.24, 2.45) is 0 Å². The summed E-state index contributed by atoms with van der Waals surface area (Å²) in [5.74, 6) is -0.936. The second kappa shape index (κ2) is 5.78. The van der Waals surface area contributed by atoms with Gasteiger partial charge in [0.15, 0.2) is 0 Å². The Morgan fingerprint density at radius 2 is 2.04 bits per heavy atom. The molecule has 0 fully saturated rings. The molecule has 2 aliphatic rings. The lowest BCUT2D eigenvalue weighted by atomic mass is 9.86. The minimum absolute atomic E-state index is 0.178. The smallest absolute Gasteiger partial charge is 0.234 e. The van der Waals surface area contributed by atoms with Crippen LogP contribution in [0.3, 0.4) is 0 Å². The Bertz CT molecular complexity index is 822. The minimum Gasteiger partial charge on any atom is -0.507 e. The molecule has 1 aliphatic heterocycles. The zero-order chi connectivity index (χ0) is 17.5. The van der Waals surface area contributed by atoms with E-state index in [0.717, 1.165) is 18.9 Å². The number of hydrogen-bond donors (Lipinski definition) is 1. The highest BCUT2D eigenvalue weighted by Crippen LogP contribution is 2.39. The van der Waals surface area contributed by atoms with E-state index >= 15 is 0 Å². The molecule has 4 nitrogen and oxygen atoms in total. The van der Waals surface area contributed by atoms with E-state index in [1.165, 1.54) is 5.57 Å². The van der Waals surface area contributed by atoms with Crippen LogP contribution < -0.4 is 4.74 Å². The topological polar surface area (TPSA) is 63.6 Å². The lowest BCUT2D eigenvalue weighted by Gasteiger charge is -2.32. The second-order valence-electron chi connectivity index (χ2n) is 6.69. The molecule has 1 aromatic carbocycles. The van der Waals surface area contributed by atoms with Gasteiger partial charge in [0.25, 0.3) is 0 Å². The summed E-state index contributed by atoms with van der Waals surface area (Å²) in [6.07, 6.45) is 8.57. The average Bonchev–Trinajstić information content (AvgIpc) is 2.51. The summed E-state index contributed by atoms with van der Waals surface area (Å²) in [6.45, 7) is 6.11. The standard InChI is InChI=1S/C20H20O4/c1-12(2)5-4-9-20(3)10-8-14-17(24-20)7-6-13-15(21)11-16(22)19(23)18(13)14/h5-8,10-11,21H,4,9H2,1-3H3/t20-/m0/s1. The van der Waals surface area contributed by atoms with Gasteiger partial charge in [-0.2, -0.15) is 0 Å². The van der Waals surface area contributed by atoms with Crippen LogP contribution in [0.25, 0.3) is 11.8 Å². The van der Waals surface area contributed by atoms with Crippen LogP contribution in [0.5, 0.6) is 5.75 Å². The molecule has 0 spiro atoms. The van der Waals surface area contributed by atoms with Crippen LogP contribution in [0.2, 0.25) is 0 Å². The van der Waals surface area contributed by atoms with Gasteiger partial charge < -0.3 is 9.84 Å². The van der Waals surface area contributed by atoms with Gasteiger partial charge in [0.1, 0.15) is 17.1 Å². The van der Waals surface area contributed by atoms with Crippen molar-refractivity contribution in [1.29, 1.82) is 0 Å². The van der Waals surface area contributed by atoms with E-state index < -0.39 is 17.2 Å². The molecule has 0 unspecified atom stereocenters. The highest BCUT2D eigenvalue weighted by Gasteiger charge is 2.33. The van der Waals surface area contributed by atoms with E-state index in [9.17, 15) is 14.7 Å². The van der Waals surface area contributed by atoms with Gasteiger partial charge in [0.05, 0.1) is 0 Å². The first-order chi connectivity index (χ1) is 11.3. The molecule has 1 aliphatic carbocycles. The maximum absolute atomic E-state index is 12.2. The van der Waals surface area contributed by atoms with Crippen molar-refractivity contribution in [2.75, 3.05) is 0 Å². The summed E-state index contributed by atoms with van der Waals surface area (Å²) in [5.41, 5.74) is 1.96. The van der Waals surface area contributed by atoms with Gasteiger partial charge in [-0.3, -0.25) is 9.59 Å². The zero-order valence-electron chi connectivity index (χ0n) is 14.1. The van der Waals surface area contributed by atoms with Crippen molar-refractivity contribution in [3.8, 4) is 5.75 Å². The van der Waals surface area contributed by atoms with Gasteiger partial charge >= 0.3 is 0 Å². The number of Topliss-reactive ketones (excluding diaryl/α,β-unsaturated/α-hetero) is 1. The molecule has 0 bridgehead atoms. The fourth-order valence-electron chi connectivity index (χ4n) is 3.03. The van der Waals surface area contributed by atoms with Crippen molar-refractivity contribution in [1.82, 2.24) is 0 Å². The summed E-state index contributed by atoms with van der Waals surface area (Å²) in [7, 11) is 0. The Labute approximate surface area is 141 Å². The fourth-order valence-corrected chi connectivity index (χ4v) is 3.03. The molecule has 24 heavy (non-hydrogen) atoms. The van der Waals surface area contributed by atoms with E-state index in [-0.39, 0.29) is 11.3 Å². The number of carbonyl (C=O) groups excluding carboxylic acids is 2. The number of ether oxygens (including phenoxy) is 1. The van der Waals surface area contributed by atoms with E-state index in [0.29, 0.717) is 16.9 Å². The molecule has 0 amide bonds. The van der Waals surface area contributed by atoms with Gasteiger partial charge in [-0.05, 0) is 51.8 Å². The van der Waals surface area contributed by atoms with Crippen molar-refractivity contribution in [3.05, 3.63) is 52.6 Å². The van der Waals surface area contributed by atoms with Crippen LogP contribution in [-0.4, -0.2) is 22.3 Å². The number of rotatable bonds is 3. The van der Waals surface area contributed by atoms with Gasteiger partial charge in [-0.25, -0.2) is 0 Å². The normalized spacial score (nSPS) is 21.5. The number of benzene rings is 1. The summed E-state index contributed by atoms with van der Waals surface area (Å²) in [5, 5.41) is 9.94. The van der Waals surface area contributed by atoms with E-state index in [1.54, 1.807) is 12.1 Å². The van der Waals surface area contributed by atoms with Crippen LogP contribution >= 0.6 is 0 Å². The Morgan fingerprint density at radius 1 is 1.29 bits per heavy atom. The third-order valence-electron chi connectivity index (χ3n) is 4.34. The molecule has 0 radical (unpaired) electrons. The lowest BCUT2D eigenvalue weighted by molar-refractivity contribution is -0.111. The number of allylic oxidation sites excluding steroid dienone is 3. The molecule has 124 valence electrons. The largest absolute Gasteiger partial charge is 0.507 e. The highest BCUT2D eigenvalue weighted by atomic mass is 16.5. The molecule has 1 N–H and O–H groups in total. The summed E-state index contributed by atoms with van der Waals surface area (Å²) < 4.78 is 6.11. The summed E-state index contributed by atoms with van der Waals surface area (Å²) >= 11 is 0. The van der Waals surface area contributed by atoms with E-state index in [1.807, 2.05) is 19.1 Å². The number of ketones is 2. The lowest BCUT2D eigenvalue weighted by Crippen LogP contribution is -2.32. The Kier molecular flexibility index (Phi) is 3.91. The van der Waals surface area contributed by atoms with Gasteiger partial charge in [0, 0.05) is 22.8 Å². The highest BCUT2D eigenvalue weighted by molar-refractivity contribution is 6.51. The molecule has 3 rings (SSSR count). The molecular formula is C20H20O4. The predicted octanol–water partition coefficient (Wildman–Crippen LogP) is 4.26. The van der Waals surface area contributed by atoms with E-state index in [4.69, 9.17) is 4.74 Å². The fraction of sp³-hybridized carbons (Fsp3) is 0.300. The third kappa shape index (κ3) is 2.80. The van der Waals surface area contributed by atoms with Crippen LogP contribution in [-0.2, 0) is 4.79 Å². The molecule has 0 aromatic heterocycles. The monoisotopic (exact) mass is 324 g/mol. The number of aliphatic hydroxyl groups is 1. The minimum atomic E-state index is -0.710. The van der Waals surface area contributed by atoms with E-state index in [2.05, 4.69) is 19.9 Å². The molecule has 0 saturated carbocycles. The summed E-state index contributed by atoms with van der Waals surface area (Å²) in [6, 6.07) is 3.37. The number of hydrogen-bond acceptors (Lipinski definition) is 4. The van der Waals surface area contributed by atoms with Crippen LogP contribution in [0.15, 0.2) is 35.9 Å². The first-order valence-electron chi connectivity index (χ1n) is 7.99. The van der Waals surface area contributed by atoms with Crippen molar-refractivity contribution in [2.45, 2.75) is 39.2 Å². The zero-order valence-corrected chi connectivity index (χ0v) is 14.1. The van der Waals surface area contributed by atoms with Crippen LogP contribution in [0.1, 0.15) is 55.1 Å². The molecular weight excluding hydrogens is 304 g/mol. The third-order valence-corrected chi connectivity index (χ3v) is 4.34. The molecule has 0 saturated heterocycles. The van der Waals surface area contributed by atoms with Gasteiger partial charge in [-0.1, -0.05) is 17.7 Å². The predicted molar refractivity (Wildman–Crippen MR) is 93.1 cm³/mol. The number of aliphatic hydroxyl groups excluding tert-OH is 1. The Morgan fingerprint density at radius 3 is 2.75 bits per heavy atom. The molecule has 1 heterocycles. The SMILES string of the molecule is CC(C)=CCC[C@@]1(C)C=Cc2c(ccc3c2C(=O)C(=O)C=C3O)O1. The second-order valence-corrected chi connectivity index (χ2v) is 6.69. The van der Waals surface area contributed by atoms with Crippen molar-refractivity contribution < 1.29 is 19.4 Å². The summed E-state index contributed by atoms with van der Waals surface area (Å²) in [4.78, 5) is 24.0. The first kappa shape index (κ1) is 16.2. The molecule has 4 heteroatoms. The Hall–Kier alpha value is -2.62. The number of fused-ring (bicyclic) bond motifs is 3. The quantitative estimate of drug-likeness (QED) is 0.666. The maximum atomic E-state index is 12.2. The molecule has 1 atom stereocenters. The van der Waals surface area contributed by atoms with Gasteiger partial charge in [0.2, 0.25) is 11.6 Å². The van der Waals surface area contributed by atoms with Gasteiger partial charge in [-0.15, -0.1) is 0 Å². The first-order valence-corrected chi connectivity index (χ1v) is 7.99. The Balaban J connectivity index is 1.97. The maximum Gasteiger partial charge on any atom is 0.234 e. The molecule has 1 aromatic rings. The van der Waals surface area contributed by atoms with Crippen LogP contribution in [0.4, 0.5) is 0 Å². The average molecular weight is 324 g/mol.